The van der Waals surface area contributed by atoms with Gasteiger partial charge in [-0.25, -0.2) is 4.98 Å². The molecule has 3 heterocycles. The number of aromatic nitrogens is 1. The quantitative estimate of drug-likeness (QED) is 0.926. The Labute approximate surface area is 126 Å². The molecule has 1 aromatic heterocycles. The third kappa shape index (κ3) is 2.59. The number of rotatable bonds is 4. The highest BCUT2D eigenvalue weighted by atomic mass is 32.1. The molecule has 2 aliphatic rings. The Balaban J connectivity index is 1.78. The molecule has 0 amide bonds. The highest BCUT2D eigenvalue weighted by molar-refractivity contribution is 7.15. The lowest BCUT2D eigenvalue weighted by molar-refractivity contribution is 0.231. The van der Waals surface area contributed by atoms with Crippen LogP contribution in [0.4, 0.5) is 5.13 Å². The van der Waals surface area contributed by atoms with Crippen LogP contribution in [0.1, 0.15) is 49.6 Å². The van der Waals surface area contributed by atoms with E-state index in [-0.39, 0.29) is 0 Å². The summed E-state index contributed by atoms with van der Waals surface area (Å²) in [6, 6.07) is 0.751. The molecule has 112 valence electrons. The van der Waals surface area contributed by atoms with E-state index in [1.807, 2.05) is 11.3 Å². The number of anilines is 1. The first kappa shape index (κ1) is 14.3. The predicted octanol–water partition coefficient (Wildman–Crippen LogP) is 2.40. The van der Waals surface area contributed by atoms with E-state index >= 15 is 0 Å². The third-order valence-corrected chi connectivity index (χ3v) is 5.99. The SMILES string of the molecule is CCC(C)c1nc(N2CCN3CCCC3C2)sc1CN. The monoisotopic (exact) mass is 294 g/mol. The van der Waals surface area contributed by atoms with Gasteiger partial charge in [-0.05, 0) is 31.7 Å². The molecule has 2 saturated heterocycles. The van der Waals surface area contributed by atoms with Crippen molar-refractivity contribution in [2.75, 3.05) is 31.1 Å². The summed E-state index contributed by atoms with van der Waals surface area (Å²) in [6.07, 6.45) is 3.85. The lowest BCUT2D eigenvalue weighted by Crippen LogP contribution is -2.50. The molecule has 0 saturated carbocycles. The normalized spacial score (nSPS) is 24.9. The minimum Gasteiger partial charge on any atom is -0.345 e. The van der Waals surface area contributed by atoms with Crippen LogP contribution in [0.5, 0.6) is 0 Å². The van der Waals surface area contributed by atoms with E-state index < -0.39 is 0 Å². The van der Waals surface area contributed by atoms with Crippen LogP contribution in [0.25, 0.3) is 0 Å². The average Bonchev–Trinajstić information content (AvgIpc) is 3.11. The fourth-order valence-corrected chi connectivity index (χ4v) is 4.47. The molecule has 2 unspecified atom stereocenters. The van der Waals surface area contributed by atoms with E-state index in [0.29, 0.717) is 12.5 Å². The molecule has 0 aliphatic carbocycles. The first-order valence-electron chi connectivity index (χ1n) is 7.91. The van der Waals surface area contributed by atoms with Gasteiger partial charge in [0.1, 0.15) is 0 Å². The Morgan fingerprint density at radius 2 is 2.25 bits per heavy atom. The zero-order chi connectivity index (χ0) is 14.1. The van der Waals surface area contributed by atoms with Crippen molar-refractivity contribution < 1.29 is 0 Å². The van der Waals surface area contributed by atoms with Crippen molar-refractivity contribution >= 4 is 16.5 Å². The molecule has 2 N–H and O–H groups in total. The van der Waals surface area contributed by atoms with Crippen molar-refractivity contribution in [3.8, 4) is 0 Å². The smallest absolute Gasteiger partial charge is 0.185 e. The van der Waals surface area contributed by atoms with Gasteiger partial charge in [0.25, 0.3) is 0 Å². The summed E-state index contributed by atoms with van der Waals surface area (Å²) in [5.74, 6) is 0.520. The number of piperazine rings is 1. The second kappa shape index (κ2) is 6.00. The first-order chi connectivity index (χ1) is 9.72. The Morgan fingerprint density at radius 3 is 3.00 bits per heavy atom. The molecule has 2 fully saturated rings. The molecule has 5 heteroatoms. The van der Waals surface area contributed by atoms with Gasteiger partial charge in [-0.1, -0.05) is 13.8 Å². The van der Waals surface area contributed by atoms with E-state index in [4.69, 9.17) is 10.7 Å². The molecule has 1 aromatic rings. The van der Waals surface area contributed by atoms with Crippen molar-refractivity contribution in [1.82, 2.24) is 9.88 Å². The Morgan fingerprint density at radius 1 is 1.40 bits per heavy atom. The summed E-state index contributed by atoms with van der Waals surface area (Å²) in [4.78, 5) is 11.3. The summed E-state index contributed by atoms with van der Waals surface area (Å²) in [6.45, 7) is 9.86. The molecule has 20 heavy (non-hydrogen) atoms. The van der Waals surface area contributed by atoms with Gasteiger partial charge in [0.2, 0.25) is 0 Å². The number of fused-ring (bicyclic) bond motifs is 1. The highest BCUT2D eigenvalue weighted by Gasteiger charge is 2.32. The van der Waals surface area contributed by atoms with Crippen LogP contribution >= 0.6 is 11.3 Å². The van der Waals surface area contributed by atoms with Crippen LogP contribution in [0.2, 0.25) is 0 Å². The fourth-order valence-electron chi connectivity index (χ4n) is 3.38. The number of hydrogen-bond acceptors (Lipinski definition) is 5. The Kier molecular flexibility index (Phi) is 4.29. The zero-order valence-electron chi connectivity index (χ0n) is 12.6. The fraction of sp³-hybridized carbons (Fsp3) is 0.800. The number of hydrogen-bond donors (Lipinski definition) is 1. The zero-order valence-corrected chi connectivity index (χ0v) is 13.5. The largest absolute Gasteiger partial charge is 0.345 e. The summed E-state index contributed by atoms with van der Waals surface area (Å²) < 4.78 is 0. The van der Waals surface area contributed by atoms with Crippen molar-refractivity contribution in [3.63, 3.8) is 0 Å². The van der Waals surface area contributed by atoms with E-state index in [1.165, 1.54) is 41.6 Å². The van der Waals surface area contributed by atoms with Gasteiger partial charge in [-0.3, -0.25) is 4.90 Å². The van der Waals surface area contributed by atoms with Crippen molar-refractivity contribution in [3.05, 3.63) is 10.6 Å². The van der Waals surface area contributed by atoms with Crippen LogP contribution in [0, 0.1) is 0 Å². The van der Waals surface area contributed by atoms with Gasteiger partial charge in [-0.15, -0.1) is 11.3 Å². The molecule has 0 spiro atoms. The number of nitrogens with zero attached hydrogens (tertiary/aromatic N) is 3. The first-order valence-corrected chi connectivity index (χ1v) is 8.73. The molecule has 0 radical (unpaired) electrons. The second-order valence-electron chi connectivity index (χ2n) is 6.10. The molecule has 0 bridgehead atoms. The van der Waals surface area contributed by atoms with E-state index in [1.54, 1.807) is 0 Å². The standard InChI is InChI=1S/C15H26N4S/c1-3-11(2)14-13(9-16)20-15(17-14)19-8-7-18-6-4-5-12(18)10-19/h11-12H,3-10,16H2,1-2H3. The van der Waals surface area contributed by atoms with Crippen LogP contribution in [0.3, 0.4) is 0 Å². The minimum absolute atomic E-state index is 0.520. The van der Waals surface area contributed by atoms with Gasteiger partial charge in [-0.2, -0.15) is 0 Å². The topological polar surface area (TPSA) is 45.4 Å². The Bertz CT molecular complexity index is 459. The van der Waals surface area contributed by atoms with Gasteiger partial charge < -0.3 is 10.6 Å². The number of nitrogens with two attached hydrogens (primary N) is 1. The van der Waals surface area contributed by atoms with Crippen LogP contribution in [-0.4, -0.2) is 42.1 Å². The van der Waals surface area contributed by atoms with Gasteiger partial charge in [0, 0.05) is 37.1 Å². The average molecular weight is 294 g/mol. The summed E-state index contributed by atoms with van der Waals surface area (Å²) in [5, 5.41) is 1.20. The Hall–Kier alpha value is -0.650. The van der Waals surface area contributed by atoms with Gasteiger partial charge in [0.15, 0.2) is 5.13 Å². The predicted molar refractivity (Wildman–Crippen MR) is 85.5 cm³/mol. The van der Waals surface area contributed by atoms with Crippen molar-refractivity contribution in [2.24, 2.45) is 5.73 Å². The lowest BCUT2D eigenvalue weighted by atomic mass is 10.0. The summed E-state index contributed by atoms with van der Waals surface area (Å²) in [5.41, 5.74) is 7.15. The van der Waals surface area contributed by atoms with Crippen LogP contribution in [0.15, 0.2) is 0 Å². The molecule has 4 nitrogen and oxygen atoms in total. The third-order valence-electron chi connectivity index (χ3n) is 4.84. The minimum atomic E-state index is 0.520. The van der Waals surface area contributed by atoms with E-state index in [0.717, 1.165) is 25.6 Å². The second-order valence-corrected chi connectivity index (χ2v) is 7.16. The van der Waals surface area contributed by atoms with Gasteiger partial charge >= 0.3 is 0 Å². The highest BCUT2D eigenvalue weighted by Crippen LogP contribution is 2.34. The van der Waals surface area contributed by atoms with Crippen LogP contribution in [-0.2, 0) is 6.54 Å². The summed E-state index contributed by atoms with van der Waals surface area (Å²) in [7, 11) is 0. The van der Waals surface area contributed by atoms with Crippen LogP contribution < -0.4 is 10.6 Å². The van der Waals surface area contributed by atoms with Crippen molar-refractivity contribution in [1.29, 1.82) is 0 Å². The molecule has 0 aromatic carbocycles. The lowest BCUT2D eigenvalue weighted by Gasteiger charge is -2.37. The van der Waals surface area contributed by atoms with E-state index in [2.05, 4.69) is 23.6 Å². The number of thiazole rings is 1. The molecule has 3 rings (SSSR count). The molecule has 2 atom stereocenters. The molecular formula is C15H26N4S. The van der Waals surface area contributed by atoms with E-state index in [9.17, 15) is 0 Å². The molecule has 2 aliphatic heterocycles. The van der Waals surface area contributed by atoms with Crippen molar-refractivity contribution in [2.45, 2.75) is 51.6 Å². The summed E-state index contributed by atoms with van der Waals surface area (Å²) >= 11 is 1.82. The maximum Gasteiger partial charge on any atom is 0.185 e. The van der Waals surface area contributed by atoms with Gasteiger partial charge in [0.05, 0.1) is 5.69 Å². The molecular weight excluding hydrogens is 268 g/mol. The maximum absolute atomic E-state index is 5.92. The maximum atomic E-state index is 5.92.